The molecule has 1 fully saturated rings. The molecule has 1 atom stereocenters. The van der Waals surface area contributed by atoms with Gasteiger partial charge in [-0.2, -0.15) is 11.8 Å². The summed E-state index contributed by atoms with van der Waals surface area (Å²) in [6.45, 7) is 3.67. The molecule has 7 nitrogen and oxygen atoms in total. The first-order valence-electron chi connectivity index (χ1n) is 7.41. The van der Waals surface area contributed by atoms with E-state index in [0.717, 1.165) is 37.3 Å². The molecule has 0 unspecified atom stereocenters. The van der Waals surface area contributed by atoms with Crippen LogP contribution >= 0.6 is 11.8 Å². The Labute approximate surface area is 133 Å². The van der Waals surface area contributed by atoms with E-state index in [1.54, 1.807) is 24.4 Å². The highest BCUT2D eigenvalue weighted by Gasteiger charge is 2.24. The summed E-state index contributed by atoms with van der Waals surface area (Å²) in [6, 6.07) is 0.248. The van der Waals surface area contributed by atoms with Gasteiger partial charge in [0.15, 0.2) is 11.5 Å². The molecule has 8 heteroatoms. The minimum atomic E-state index is 0.00418. The van der Waals surface area contributed by atoms with E-state index in [1.165, 1.54) is 0 Å². The Kier molecular flexibility index (Phi) is 4.47. The fourth-order valence-electron chi connectivity index (χ4n) is 2.65. The standard InChI is InChI=1S/C14H20N6OS/c1-9(22-2)14(21)19-10-3-5-20(6-4-10)13-11-12(16-7-15-11)17-8-18-13/h7-10H,3-6H2,1-2H3,(H,19,21)(H,15,16,17,18)/t9-/m0/s1. The largest absolute Gasteiger partial charge is 0.355 e. The van der Waals surface area contributed by atoms with E-state index < -0.39 is 0 Å². The van der Waals surface area contributed by atoms with E-state index in [1.807, 2.05) is 13.2 Å². The Morgan fingerprint density at radius 1 is 1.41 bits per heavy atom. The van der Waals surface area contributed by atoms with Crippen molar-refractivity contribution in [3.8, 4) is 0 Å². The van der Waals surface area contributed by atoms with Gasteiger partial charge in [-0.3, -0.25) is 4.79 Å². The van der Waals surface area contributed by atoms with Gasteiger partial charge in [0.2, 0.25) is 5.91 Å². The topological polar surface area (TPSA) is 86.8 Å². The number of aromatic nitrogens is 4. The second-order valence-corrected chi connectivity index (χ2v) is 6.62. The van der Waals surface area contributed by atoms with E-state index in [0.29, 0.717) is 5.65 Å². The van der Waals surface area contributed by atoms with Crippen LogP contribution in [0.1, 0.15) is 19.8 Å². The Hall–Kier alpha value is -1.83. The molecule has 0 aromatic carbocycles. The first-order valence-corrected chi connectivity index (χ1v) is 8.70. The summed E-state index contributed by atoms with van der Waals surface area (Å²) in [4.78, 5) is 30.0. The van der Waals surface area contributed by atoms with Crippen LogP contribution in [0.2, 0.25) is 0 Å². The van der Waals surface area contributed by atoms with E-state index in [-0.39, 0.29) is 17.2 Å². The Balaban J connectivity index is 1.62. The quantitative estimate of drug-likeness (QED) is 0.880. The van der Waals surface area contributed by atoms with Gasteiger partial charge in [-0.05, 0) is 26.0 Å². The molecule has 1 aliphatic heterocycles. The van der Waals surface area contributed by atoms with Crippen molar-refractivity contribution >= 4 is 34.7 Å². The van der Waals surface area contributed by atoms with Crippen molar-refractivity contribution in [3.63, 3.8) is 0 Å². The smallest absolute Gasteiger partial charge is 0.233 e. The van der Waals surface area contributed by atoms with Crippen molar-refractivity contribution in [1.29, 1.82) is 0 Å². The third-order valence-corrected chi connectivity index (χ3v) is 4.99. The third-order valence-electron chi connectivity index (χ3n) is 4.07. The molecule has 0 saturated carbocycles. The number of carbonyl (C=O) groups excluding carboxylic acids is 1. The molecule has 1 aliphatic rings. The molecule has 1 saturated heterocycles. The molecule has 22 heavy (non-hydrogen) atoms. The van der Waals surface area contributed by atoms with Crippen LogP contribution < -0.4 is 10.2 Å². The van der Waals surface area contributed by atoms with Crippen LogP contribution in [0.5, 0.6) is 0 Å². The summed E-state index contributed by atoms with van der Waals surface area (Å²) in [5.74, 6) is 1.02. The maximum atomic E-state index is 12.0. The number of hydrogen-bond donors (Lipinski definition) is 2. The van der Waals surface area contributed by atoms with Crippen molar-refractivity contribution in [2.75, 3.05) is 24.2 Å². The monoisotopic (exact) mass is 320 g/mol. The van der Waals surface area contributed by atoms with Crippen LogP contribution in [-0.2, 0) is 4.79 Å². The number of hydrogen-bond acceptors (Lipinski definition) is 6. The van der Waals surface area contributed by atoms with Crippen LogP contribution in [0.3, 0.4) is 0 Å². The number of aromatic amines is 1. The number of carbonyl (C=O) groups is 1. The molecule has 0 bridgehead atoms. The van der Waals surface area contributed by atoms with Gasteiger partial charge < -0.3 is 15.2 Å². The van der Waals surface area contributed by atoms with E-state index in [2.05, 4.69) is 30.2 Å². The SMILES string of the molecule is CS[C@@H](C)C(=O)NC1CCN(c2ncnc3nc[nH]c23)CC1. The summed E-state index contributed by atoms with van der Waals surface area (Å²) in [7, 11) is 0. The second kappa shape index (κ2) is 6.51. The van der Waals surface area contributed by atoms with Crippen LogP contribution in [0.4, 0.5) is 5.82 Å². The maximum absolute atomic E-state index is 12.0. The summed E-state index contributed by atoms with van der Waals surface area (Å²) >= 11 is 1.57. The van der Waals surface area contributed by atoms with Crippen molar-refractivity contribution in [2.24, 2.45) is 0 Å². The highest BCUT2D eigenvalue weighted by Crippen LogP contribution is 2.23. The molecule has 3 rings (SSSR count). The Bertz CT molecular complexity index is 652. The molecule has 3 heterocycles. The molecule has 1 amide bonds. The minimum Gasteiger partial charge on any atom is -0.355 e. The summed E-state index contributed by atoms with van der Waals surface area (Å²) in [6.07, 6.45) is 6.99. The van der Waals surface area contributed by atoms with E-state index >= 15 is 0 Å². The predicted octanol–water partition coefficient (Wildman–Crippen LogP) is 1.19. The number of anilines is 1. The fraction of sp³-hybridized carbons (Fsp3) is 0.571. The number of H-pyrrole nitrogens is 1. The normalized spacial score (nSPS) is 17.6. The predicted molar refractivity (Wildman–Crippen MR) is 88.0 cm³/mol. The molecule has 2 aromatic heterocycles. The van der Waals surface area contributed by atoms with Gasteiger partial charge >= 0.3 is 0 Å². The Morgan fingerprint density at radius 2 is 2.18 bits per heavy atom. The molecule has 2 aromatic rings. The van der Waals surface area contributed by atoms with Crippen molar-refractivity contribution in [2.45, 2.75) is 31.1 Å². The summed E-state index contributed by atoms with van der Waals surface area (Å²) in [5.41, 5.74) is 1.57. The molecule has 0 spiro atoms. The first-order chi connectivity index (χ1) is 10.7. The second-order valence-electron chi connectivity index (χ2n) is 5.45. The lowest BCUT2D eigenvalue weighted by molar-refractivity contribution is -0.121. The van der Waals surface area contributed by atoms with Gasteiger partial charge in [-0.25, -0.2) is 15.0 Å². The lowest BCUT2D eigenvalue weighted by Crippen LogP contribution is -2.46. The van der Waals surface area contributed by atoms with Crippen LogP contribution in [0, 0.1) is 0 Å². The Morgan fingerprint density at radius 3 is 2.91 bits per heavy atom. The molecule has 2 N–H and O–H groups in total. The summed E-state index contributed by atoms with van der Waals surface area (Å²) < 4.78 is 0. The number of rotatable bonds is 4. The molecule has 0 radical (unpaired) electrons. The minimum absolute atomic E-state index is 0.00418. The number of amides is 1. The maximum Gasteiger partial charge on any atom is 0.233 e. The highest BCUT2D eigenvalue weighted by atomic mass is 32.2. The zero-order valence-electron chi connectivity index (χ0n) is 12.7. The number of nitrogens with one attached hydrogen (secondary N) is 2. The van der Waals surface area contributed by atoms with Gasteiger partial charge in [-0.1, -0.05) is 0 Å². The van der Waals surface area contributed by atoms with Crippen molar-refractivity contribution in [1.82, 2.24) is 25.3 Å². The number of nitrogens with zero attached hydrogens (tertiary/aromatic N) is 4. The fourth-order valence-corrected chi connectivity index (χ4v) is 2.94. The number of fused-ring (bicyclic) bond motifs is 1. The average Bonchev–Trinajstić information content (AvgIpc) is 3.03. The van der Waals surface area contributed by atoms with Gasteiger partial charge in [-0.15, -0.1) is 0 Å². The third kappa shape index (κ3) is 3.01. The number of piperidine rings is 1. The molecule has 118 valence electrons. The van der Waals surface area contributed by atoms with Crippen LogP contribution in [-0.4, -0.2) is 56.5 Å². The van der Waals surface area contributed by atoms with Gasteiger partial charge in [0.05, 0.1) is 11.6 Å². The molecular formula is C14H20N6OS. The number of thioether (sulfide) groups is 1. The number of imidazole rings is 1. The van der Waals surface area contributed by atoms with Crippen molar-refractivity contribution < 1.29 is 4.79 Å². The van der Waals surface area contributed by atoms with Crippen molar-refractivity contribution in [3.05, 3.63) is 12.7 Å². The molecule has 0 aliphatic carbocycles. The van der Waals surface area contributed by atoms with Gasteiger partial charge in [0.25, 0.3) is 0 Å². The molecular weight excluding hydrogens is 300 g/mol. The zero-order valence-corrected chi connectivity index (χ0v) is 13.6. The van der Waals surface area contributed by atoms with E-state index in [9.17, 15) is 4.79 Å². The van der Waals surface area contributed by atoms with E-state index in [4.69, 9.17) is 0 Å². The lowest BCUT2D eigenvalue weighted by atomic mass is 10.0. The average molecular weight is 320 g/mol. The lowest BCUT2D eigenvalue weighted by Gasteiger charge is -2.33. The zero-order chi connectivity index (χ0) is 15.5. The van der Waals surface area contributed by atoms with Gasteiger partial charge in [0, 0.05) is 19.1 Å². The highest BCUT2D eigenvalue weighted by molar-refractivity contribution is 7.99. The first kappa shape index (κ1) is 15.1. The van der Waals surface area contributed by atoms with Crippen LogP contribution in [0.25, 0.3) is 11.2 Å². The van der Waals surface area contributed by atoms with Gasteiger partial charge in [0.1, 0.15) is 11.8 Å². The van der Waals surface area contributed by atoms with Crippen LogP contribution in [0.15, 0.2) is 12.7 Å². The summed E-state index contributed by atoms with van der Waals surface area (Å²) in [5, 5.41) is 3.14.